The standard InChI is InChI=1S/C12H15ClN6O/c1-7(2)19-10(5-6-15-19)17-12(20)11-8(13)3-4-9(16-11)18-14/h3-7H,14H2,1-2H3,(H,16,18)(H,17,20). The van der Waals surface area contributed by atoms with Crippen LogP contribution in [0.3, 0.4) is 0 Å². The number of anilines is 2. The van der Waals surface area contributed by atoms with Crippen molar-refractivity contribution in [1.82, 2.24) is 14.8 Å². The number of nitrogen functional groups attached to an aromatic ring is 1. The highest BCUT2D eigenvalue weighted by molar-refractivity contribution is 6.34. The van der Waals surface area contributed by atoms with Crippen molar-refractivity contribution in [2.24, 2.45) is 5.84 Å². The molecule has 0 aliphatic carbocycles. The summed E-state index contributed by atoms with van der Waals surface area (Å²) in [6.45, 7) is 3.93. The number of nitrogens with two attached hydrogens (primary N) is 1. The number of aromatic nitrogens is 3. The third-order valence-electron chi connectivity index (χ3n) is 2.61. The average Bonchev–Trinajstić information content (AvgIpc) is 2.87. The molecule has 0 radical (unpaired) electrons. The van der Waals surface area contributed by atoms with Crippen molar-refractivity contribution in [2.75, 3.05) is 10.7 Å². The van der Waals surface area contributed by atoms with E-state index in [1.807, 2.05) is 13.8 Å². The van der Waals surface area contributed by atoms with Crippen molar-refractivity contribution in [3.8, 4) is 0 Å². The lowest BCUT2D eigenvalue weighted by molar-refractivity contribution is 0.102. The van der Waals surface area contributed by atoms with Crippen LogP contribution in [-0.2, 0) is 0 Å². The fourth-order valence-electron chi connectivity index (χ4n) is 1.68. The van der Waals surface area contributed by atoms with Gasteiger partial charge >= 0.3 is 0 Å². The van der Waals surface area contributed by atoms with E-state index in [9.17, 15) is 4.79 Å². The molecule has 0 spiro atoms. The molecule has 0 saturated heterocycles. The van der Waals surface area contributed by atoms with E-state index in [0.717, 1.165) is 0 Å². The Hall–Kier alpha value is -2.12. The van der Waals surface area contributed by atoms with Gasteiger partial charge in [0.15, 0.2) is 0 Å². The van der Waals surface area contributed by atoms with Gasteiger partial charge in [0.2, 0.25) is 0 Å². The van der Waals surface area contributed by atoms with Gasteiger partial charge in [0.1, 0.15) is 17.3 Å². The van der Waals surface area contributed by atoms with Crippen LogP contribution in [0.4, 0.5) is 11.6 Å². The molecule has 2 heterocycles. The highest BCUT2D eigenvalue weighted by atomic mass is 35.5. The molecular weight excluding hydrogens is 280 g/mol. The van der Waals surface area contributed by atoms with Crippen molar-refractivity contribution >= 4 is 29.1 Å². The lowest BCUT2D eigenvalue weighted by Gasteiger charge is -2.12. The first-order chi connectivity index (χ1) is 9.52. The summed E-state index contributed by atoms with van der Waals surface area (Å²) in [7, 11) is 0. The van der Waals surface area contributed by atoms with E-state index in [1.165, 1.54) is 0 Å². The molecule has 7 nitrogen and oxygen atoms in total. The molecule has 0 unspecified atom stereocenters. The first kappa shape index (κ1) is 14.3. The Kier molecular flexibility index (Phi) is 4.21. The quantitative estimate of drug-likeness (QED) is 0.592. The normalized spacial score (nSPS) is 10.7. The predicted octanol–water partition coefficient (Wildman–Crippen LogP) is 2.05. The van der Waals surface area contributed by atoms with Gasteiger partial charge in [0, 0.05) is 12.1 Å². The number of carbonyl (C=O) groups excluding carboxylic acids is 1. The van der Waals surface area contributed by atoms with Crippen LogP contribution in [0, 0.1) is 0 Å². The number of hydrogen-bond acceptors (Lipinski definition) is 5. The summed E-state index contributed by atoms with van der Waals surface area (Å²) in [4.78, 5) is 16.2. The van der Waals surface area contributed by atoms with Gasteiger partial charge in [-0.15, -0.1) is 0 Å². The van der Waals surface area contributed by atoms with Crippen LogP contribution in [0.15, 0.2) is 24.4 Å². The lowest BCUT2D eigenvalue weighted by atomic mass is 10.3. The van der Waals surface area contributed by atoms with Gasteiger partial charge in [-0.25, -0.2) is 15.5 Å². The number of pyridine rings is 1. The zero-order chi connectivity index (χ0) is 14.7. The molecule has 0 atom stereocenters. The van der Waals surface area contributed by atoms with Crippen molar-refractivity contribution in [3.05, 3.63) is 35.1 Å². The molecule has 0 bridgehead atoms. The van der Waals surface area contributed by atoms with E-state index in [0.29, 0.717) is 11.6 Å². The molecule has 0 aliphatic rings. The van der Waals surface area contributed by atoms with Gasteiger partial charge in [0.25, 0.3) is 5.91 Å². The third-order valence-corrected chi connectivity index (χ3v) is 2.91. The van der Waals surface area contributed by atoms with Crippen LogP contribution in [0.2, 0.25) is 5.02 Å². The fourth-order valence-corrected chi connectivity index (χ4v) is 1.87. The molecule has 106 valence electrons. The van der Waals surface area contributed by atoms with E-state index < -0.39 is 5.91 Å². The number of hydrogen-bond donors (Lipinski definition) is 3. The first-order valence-corrected chi connectivity index (χ1v) is 6.38. The van der Waals surface area contributed by atoms with Crippen LogP contribution in [0.5, 0.6) is 0 Å². The number of hydrazine groups is 1. The summed E-state index contributed by atoms with van der Waals surface area (Å²) in [5, 5.41) is 7.11. The van der Waals surface area contributed by atoms with Crippen LogP contribution in [-0.4, -0.2) is 20.7 Å². The monoisotopic (exact) mass is 294 g/mol. The molecule has 2 aromatic rings. The molecular formula is C12H15ClN6O. The third kappa shape index (κ3) is 2.89. The predicted molar refractivity (Wildman–Crippen MR) is 77.6 cm³/mol. The number of nitrogens with zero attached hydrogens (tertiary/aromatic N) is 3. The number of halogens is 1. The highest BCUT2D eigenvalue weighted by Crippen LogP contribution is 2.19. The number of nitrogens with one attached hydrogen (secondary N) is 2. The molecule has 20 heavy (non-hydrogen) atoms. The molecule has 0 saturated carbocycles. The Bertz CT molecular complexity index is 624. The van der Waals surface area contributed by atoms with E-state index in [2.05, 4.69) is 20.8 Å². The van der Waals surface area contributed by atoms with Crippen molar-refractivity contribution < 1.29 is 4.79 Å². The molecule has 0 fully saturated rings. The Labute approximate surface area is 121 Å². The van der Waals surface area contributed by atoms with E-state index >= 15 is 0 Å². The van der Waals surface area contributed by atoms with E-state index in [4.69, 9.17) is 17.4 Å². The van der Waals surface area contributed by atoms with Gasteiger partial charge in [-0.2, -0.15) is 5.10 Å². The summed E-state index contributed by atoms with van der Waals surface area (Å²) in [6.07, 6.45) is 1.61. The van der Waals surface area contributed by atoms with Crippen molar-refractivity contribution in [2.45, 2.75) is 19.9 Å². The summed E-state index contributed by atoms with van der Waals surface area (Å²) in [6, 6.07) is 4.97. The topological polar surface area (TPSA) is 97.9 Å². The highest BCUT2D eigenvalue weighted by Gasteiger charge is 2.16. The Balaban J connectivity index is 2.26. The van der Waals surface area contributed by atoms with Crippen LogP contribution >= 0.6 is 11.6 Å². The fraction of sp³-hybridized carbons (Fsp3) is 0.250. The smallest absolute Gasteiger partial charge is 0.277 e. The maximum absolute atomic E-state index is 12.2. The summed E-state index contributed by atoms with van der Waals surface area (Å²) >= 11 is 5.98. The minimum absolute atomic E-state index is 0.0959. The Morgan fingerprint density at radius 2 is 2.15 bits per heavy atom. The number of rotatable bonds is 4. The van der Waals surface area contributed by atoms with Gasteiger partial charge in [-0.3, -0.25) is 4.79 Å². The van der Waals surface area contributed by atoms with Gasteiger partial charge < -0.3 is 10.7 Å². The minimum Gasteiger partial charge on any atom is -0.308 e. The molecule has 0 aromatic carbocycles. The van der Waals surface area contributed by atoms with Gasteiger partial charge in [-0.1, -0.05) is 11.6 Å². The SMILES string of the molecule is CC(C)n1nccc1NC(=O)c1nc(NN)ccc1Cl. The van der Waals surface area contributed by atoms with Crippen molar-refractivity contribution in [1.29, 1.82) is 0 Å². The zero-order valence-electron chi connectivity index (χ0n) is 11.1. The van der Waals surface area contributed by atoms with Crippen LogP contribution < -0.4 is 16.6 Å². The second-order valence-corrected chi connectivity index (χ2v) is 4.79. The maximum Gasteiger partial charge on any atom is 0.277 e. The Morgan fingerprint density at radius 1 is 1.40 bits per heavy atom. The van der Waals surface area contributed by atoms with E-state index in [1.54, 1.807) is 29.1 Å². The van der Waals surface area contributed by atoms with Gasteiger partial charge in [0.05, 0.1) is 11.2 Å². The maximum atomic E-state index is 12.2. The van der Waals surface area contributed by atoms with Gasteiger partial charge in [-0.05, 0) is 26.0 Å². The molecule has 8 heteroatoms. The summed E-state index contributed by atoms with van der Waals surface area (Å²) < 4.78 is 1.69. The van der Waals surface area contributed by atoms with E-state index in [-0.39, 0.29) is 16.8 Å². The number of amides is 1. The zero-order valence-corrected chi connectivity index (χ0v) is 11.8. The average molecular weight is 295 g/mol. The second kappa shape index (κ2) is 5.89. The molecule has 1 amide bonds. The largest absolute Gasteiger partial charge is 0.308 e. The molecule has 2 rings (SSSR count). The molecule has 0 aliphatic heterocycles. The minimum atomic E-state index is -0.422. The van der Waals surface area contributed by atoms with Crippen LogP contribution in [0.25, 0.3) is 0 Å². The molecule has 2 aromatic heterocycles. The summed E-state index contributed by atoms with van der Waals surface area (Å²) in [5.41, 5.74) is 2.47. The van der Waals surface area contributed by atoms with Crippen LogP contribution in [0.1, 0.15) is 30.4 Å². The van der Waals surface area contributed by atoms with Crippen molar-refractivity contribution in [3.63, 3.8) is 0 Å². The lowest BCUT2D eigenvalue weighted by Crippen LogP contribution is -2.19. The summed E-state index contributed by atoms with van der Waals surface area (Å²) in [5.74, 6) is 5.78. The second-order valence-electron chi connectivity index (χ2n) is 4.38. The molecule has 4 N–H and O–H groups in total. The first-order valence-electron chi connectivity index (χ1n) is 6.01. The Morgan fingerprint density at radius 3 is 2.80 bits per heavy atom. The number of carbonyl (C=O) groups is 1.